The van der Waals surface area contributed by atoms with Crippen LogP contribution < -0.4 is 4.74 Å². The number of carbonyl (C=O) groups excluding carboxylic acids is 1. The van der Waals surface area contributed by atoms with E-state index in [2.05, 4.69) is 12.1 Å². The fourth-order valence-corrected chi connectivity index (χ4v) is 5.41. The highest BCUT2D eigenvalue weighted by Gasteiger charge is 2.34. The minimum atomic E-state index is -0.774. The van der Waals surface area contributed by atoms with Gasteiger partial charge in [0.1, 0.15) is 5.75 Å². The van der Waals surface area contributed by atoms with Gasteiger partial charge >= 0.3 is 5.97 Å². The second-order valence-corrected chi connectivity index (χ2v) is 9.34. The molecule has 1 N–H and O–H groups in total. The first-order valence-electron chi connectivity index (χ1n) is 10.8. The van der Waals surface area contributed by atoms with E-state index in [0.717, 1.165) is 41.3 Å². The lowest BCUT2D eigenvalue weighted by molar-refractivity contribution is -0.139. The third-order valence-corrected chi connectivity index (χ3v) is 7.23. The third-order valence-electron chi connectivity index (χ3n) is 6.35. The molecule has 2 aromatic rings. The van der Waals surface area contributed by atoms with E-state index in [-0.39, 0.29) is 24.2 Å². The molecule has 6 nitrogen and oxygen atoms in total. The summed E-state index contributed by atoms with van der Waals surface area (Å²) in [7, 11) is 1.67. The zero-order valence-corrected chi connectivity index (χ0v) is 18.6. The van der Waals surface area contributed by atoms with Gasteiger partial charge in [-0.1, -0.05) is 6.07 Å². The molecule has 1 saturated heterocycles. The van der Waals surface area contributed by atoms with Gasteiger partial charge in [0.05, 0.1) is 13.5 Å². The van der Waals surface area contributed by atoms with E-state index in [1.807, 2.05) is 28.5 Å². The Bertz CT molecular complexity index is 970. The number of fused-ring (bicyclic) bond motifs is 1. The Hall–Kier alpha value is -2.67. The smallest absolute Gasteiger partial charge is 0.303 e. The second-order valence-electron chi connectivity index (χ2n) is 8.31. The molecule has 2 atom stereocenters. The zero-order chi connectivity index (χ0) is 21.8. The molecule has 0 bridgehead atoms. The Morgan fingerprint density at radius 2 is 2.16 bits per heavy atom. The number of benzene rings is 1. The molecule has 1 fully saturated rings. The SMILES string of the molecule is COc1ccc2c(c1)CCN=C2C[C@H]1CN(C(=O)Cc2cccs2)CC[C@H]1CC(=O)O. The van der Waals surface area contributed by atoms with Gasteiger partial charge in [-0.05, 0) is 71.9 Å². The highest BCUT2D eigenvalue weighted by atomic mass is 32.1. The van der Waals surface area contributed by atoms with Crippen molar-refractivity contribution >= 4 is 28.9 Å². The van der Waals surface area contributed by atoms with Gasteiger partial charge in [0.2, 0.25) is 5.91 Å². The molecule has 31 heavy (non-hydrogen) atoms. The summed E-state index contributed by atoms with van der Waals surface area (Å²) in [6, 6.07) is 10.0. The van der Waals surface area contributed by atoms with Gasteiger partial charge < -0.3 is 14.7 Å². The van der Waals surface area contributed by atoms with Gasteiger partial charge in [0, 0.05) is 36.6 Å². The average Bonchev–Trinajstić information content (AvgIpc) is 3.27. The van der Waals surface area contributed by atoms with Crippen LogP contribution in [0, 0.1) is 11.8 Å². The molecule has 4 rings (SSSR count). The van der Waals surface area contributed by atoms with Crippen LogP contribution in [0.4, 0.5) is 0 Å². The molecule has 0 aliphatic carbocycles. The molecule has 0 radical (unpaired) electrons. The first kappa shape index (κ1) is 21.6. The lowest BCUT2D eigenvalue weighted by atomic mass is 9.78. The molecule has 2 aliphatic rings. The number of piperidine rings is 1. The molecular weight excluding hydrogens is 412 g/mol. The normalized spacial score (nSPS) is 20.7. The Balaban J connectivity index is 1.51. The van der Waals surface area contributed by atoms with Crippen LogP contribution in [0.1, 0.15) is 35.3 Å². The van der Waals surface area contributed by atoms with Gasteiger partial charge in [-0.3, -0.25) is 14.6 Å². The number of methoxy groups -OCH3 is 1. The Morgan fingerprint density at radius 3 is 2.90 bits per heavy atom. The van der Waals surface area contributed by atoms with E-state index in [1.165, 1.54) is 5.56 Å². The first-order valence-corrected chi connectivity index (χ1v) is 11.6. The molecule has 1 aromatic carbocycles. The molecule has 2 aliphatic heterocycles. The van der Waals surface area contributed by atoms with E-state index < -0.39 is 5.97 Å². The van der Waals surface area contributed by atoms with E-state index in [9.17, 15) is 14.7 Å². The number of carbonyl (C=O) groups is 2. The van der Waals surface area contributed by atoms with Crippen LogP contribution in [0.5, 0.6) is 5.75 Å². The number of likely N-dealkylation sites (tertiary alicyclic amines) is 1. The van der Waals surface area contributed by atoms with Crippen molar-refractivity contribution in [1.82, 2.24) is 4.90 Å². The van der Waals surface area contributed by atoms with Crippen molar-refractivity contribution in [3.63, 3.8) is 0 Å². The van der Waals surface area contributed by atoms with Crippen LogP contribution in [0.25, 0.3) is 0 Å². The standard InChI is InChI=1S/C24H28N2O4S/c1-30-19-4-5-21-17(11-19)6-8-25-22(21)12-18-15-26(9-7-16(18)13-24(28)29)23(27)14-20-3-2-10-31-20/h2-5,10-11,16,18H,6-9,12-15H2,1H3,(H,28,29)/t16-,18-/m0/s1. The summed E-state index contributed by atoms with van der Waals surface area (Å²) in [6.45, 7) is 1.94. The van der Waals surface area contributed by atoms with Crippen molar-refractivity contribution in [3.05, 3.63) is 51.7 Å². The summed E-state index contributed by atoms with van der Waals surface area (Å²) in [6.07, 6.45) is 2.85. The van der Waals surface area contributed by atoms with Crippen LogP contribution in [0.3, 0.4) is 0 Å². The molecule has 0 spiro atoms. The molecule has 1 aromatic heterocycles. The molecule has 3 heterocycles. The lowest BCUT2D eigenvalue weighted by Gasteiger charge is -2.39. The van der Waals surface area contributed by atoms with Gasteiger partial charge in [0.15, 0.2) is 0 Å². The number of aliphatic imine (C=N–C) groups is 1. The maximum Gasteiger partial charge on any atom is 0.303 e. The Labute approximate surface area is 186 Å². The van der Waals surface area contributed by atoms with Crippen LogP contribution in [-0.4, -0.2) is 54.3 Å². The summed E-state index contributed by atoms with van der Waals surface area (Å²) in [4.78, 5) is 32.1. The molecule has 164 valence electrons. The van der Waals surface area contributed by atoms with Crippen LogP contribution >= 0.6 is 11.3 Å². The summed E-state index contributed by atoms with van der Waals surface area (Å²) in [5, 5.41) is 11.4. The fraction of sp³-hybridized carbons (Fsp3) is 0.458. The minimum Gasteiger partial charge on any atom is -0.497 e. The lowest BCUT2D eigenvalue weighted by Crippen LogP contribution is -2.45. The first-order chi connectivity index (χ1) is 15.0. The monoisotopic (exact) mass is 440 g/mol. The van der Waals surface area contributed by atoms with E-state index >= 15 is 0 Å². The average molecular weight is 441 g/mol. The number of thiophene rings is 1. The molecular formula is C24H28N2O4S. The number of carboxylic acid groups (broad SMARTS) is 1. The molecule has 0 saturated carbocycles. The number of hydrogen-bond donors (Lipinski definition) is 1. The maximum atomic E-state index is 12.9. The van der Waals surface area contributed by atoms with Crippen LogP contribution in [-0.2, 0) is 22.4 Å². The maximum absolute atomic E-state index is 12.9. The van der Waals surface area contributed by atoms with E-state index in [4.69, 9.17) is 9.73 Å². The minimum absolute atomic E-state index is 0.0506. The fourth-order valence-electron chi connectivity index (χ4n) is 4.71. The predicted octanol–water partition coefficient (Wildman–Crippen LogP) is 3.67. The number of nitrogens with zero attached hydrogens (tertiary/aromatic N) is 2. The van der Waals surface area contributed by atoms with Crippen LogP contribution in [0.2, 0.25) is 0 Å². The van der Waals surface area contributed by atoms with Gasteiger partial charge in [-0.15, -0.1) is 11.3 Å². The highest BCUT2D eigenvalue weighted by molar-refractivity contribution is 7.10. The highest BCUT2D eigenvalue weighted by Crippen LogP contribution is 2.33. The number of carboxylic acids is 1. The third kappa shape index (κ3) is 5.15. The molecule has 0 unspecified atom stereocenters. The van der Waals surface area contributed by atoms with Crippen molar-refractivity contribution in [2.45, 2.75) is 32.1 Å². The van der Waals surface area contributed by atoms with Crippen molar-refractivity contribution in [1.29, 1.82) is 0 Å². The largest absolute Gasteiger partial charge is 0.497 e. The van der Waals surface area contributed by atoms with Crippen molar-refractivity contribution in [2.75, 3.05) is 26.7 Å². The molecule has 7 heteroatoms. The number of rotatable bonds is 7. The Morgan fingerprint density at radius 1 is 1.29 bits per heavy atom. The number of aliphatic carboxylic acids is 1. The number of hydrogen-bond acceptors (Lipinski definition) is 5. The quantitative estimate of drug-likeness (QED) is 0.712. The summed E-state index contributed by atoms with van der Waals surface area (Å²) in [5.74, 6) is 0.325. The number of amides is 1. The van der Waals surface area contributed by atoms with Crippen molar-refractivity contribution in [2.24, 2.45) is 16.8 Å². The van der Waals surface area contributed by atoms with Gasteiger partial charge in [0.25, 0.3) is 0 Å². The van der Waals surface area contributed by atoms with Crippen molar-refractivity contribution in [3.8, 4) is 5.75 Å². The summed E-state index contributed by atoms with van der Waals surface area (Å²) < 4.78 is 5.36. The van der Waals surface area contributed by atoms with Crippen LogP contribution in [0.15, 0.2) is 40.7 Å². The van der Waals surface area contributed by atoms with Gasteiger partial charge in [-0.2, -0.15) is 0 Å². The van der Waals surface area contributed by atoms with Crippen molar-refractivity contribution < 1.29 is 19.4 Å². The molecule has 1 amide bonds. The van der Waals surface area contributed by atoms with E-state index in [0.29, 0.717) is 25.9 Å². The second kappa shape index (κ2) is 9.64. The van der Waals surface area contributed by atoms with Gasteiger partial charge in [-0.25, -0.2) is 0 Å². The summed E-state index contributed by atoms with van der Waals surface area (Å²) in [5.41, 5.74) is 3.38. The zero-order valence-electron chi connectivity index (χ0n) is 17.8. The summed E-state index contributed by atoms with van der Waals surface area (Å²) >= 11 is 1.59. The Kier molecular flexibility index (Phi) is 6.70. The number of ether oxygens (including phenoxy) is 1. The van der Waals surface area contributed by atoms with E-state index in [1.54, 1.807) is 18.4 Å². The topological polar surface area (TPSA) is 79.2 Å². The predicted molar refractivity (Wildman–Crippen MR) is 121 cm³/mol.